The first-order chi connectivity index (χ1) is 12.2. The first-order valence-corrected chi connectivity index (χ1v) is 7.67. The number of amides is 1. The standard InChI is InChI=1S/C18H18N2O5/c1-22-14-7-6-12(10-16(14)23-2)18(21)20-19-11-13-4-3-5-15-17(13)25-9-8-24-15/h3-7,10-11H,8-9H2,1-2H3,(H,20,21)/b19-11+. The maximum Gasteiger partial charge on any atom is 0.271 e. The minimum absolute atomic E-state index is 0.362. The molecule has 1 N–H and O–H groups in total. The highest BCUT2D eigenvalue weighted by Gasteiger charge is 2.14. The average molecular weight is 342 g/mol. The summed E-state index contributed by atoms with van der Waals surface area (Å²) in [7, 11) is 3.05. The zero-order chi connectivity index (χ0) is 17.6. The molecule has 1 aliphatic heterocycles. The van der Waals surface area contributed by atoms with Gasteiger partial charge in [-0.1, -0.05) is 6.07 Å². The molecule has 0 bridgehead atoms. The van der Waals surface area contributed by atoms with Crippen molar-refractivity contribution in [3.05, 3.63) is 47.5 Å². The number of carbonyl (C=O) groups excluding carboxylic acids is 1. The number of rotatable bonds is 5. The van der Waals surface area contributed by atoms with Crippen molar-refractivity contribution in [3.8, 4) is 23.0 Å². The fourth-order valence-electron chi connectivity index (χ4n) is 2.40. The second-order valence-corrected chi connectivity index (χ2v) is 5.14. The van der Waals surface area contributed by atoms with E-state index in [1.54, 1.807) is 18.2 Å². The molecule has 1 aliphatic rings. The Bertz CT molecular complexity index is 804. The van der Waals surface area contributed by atoms with Gasteiger partial charge in [-0.25, -0.2) is 5.43 Å². The van der Waals surface area contributed by atoms with E-state index >= 15 is 0 Å². The molecule has 7 nitrogen and oxygen atoms in total. The normalized spacial score (nSPS) is 12.7. The highest BCUT2D eigenvalue weighted by atomic mass is 16.6. The molecule has 1 amide bonds. The Morgan fingerprint density at radius 1 is 1.12 bits per heavy atom. The van der Waals surface area contributed by atoms with Crippen LogP contribution in [0.2, 0.25) is 0 Å². The molecule has 130 valence electrons. The van der Waals surface area contributed by atoms with E-state index in [0.29, 0.717) is 41.8 Å². The molecule has 7 heteroatoms. The Hall–Kier alpha value is -3.22. The van der Waals surface area contributed by atoms with Crippen molar-refractivity contribution in [2.75, 3.05) is 27.4 Å². The van der Waals surface area contributed by atoms with E-state index in [1.165, 1.54) is 20.4 Å². The van der Waals surface area contributed by atoms with Gasteiger partial charge in [0.25, 0.3) is 5.91 Å². The van der Waals surface area contributed by atoms with Crippen LogP contribution in [0.25, 0.3) is 0 Å². The molecule has 0 atom stereocenters. The van der Waals surface area contributed by atoms with Crippen molar-refractivity contribution in [2.24, 2.45) is 5.10 Å². The monoisotopic (exact) mass is 342 g/mol. The molecule has 0 saturated carbocycles. The fourth-order valence-corrected chi connectivity index (χ4v) is 2.40. The molecule has 1 heterocycles. The molecule has 2 aromatic rings. The van der Waals surface area contributed by atoms with E-state index in [2.05, 4.69) is 10.5 Å². The number of carbonyl (C=O) groups is 1. The number of hydrogen-bond acceptors (Lipinski definition) is 6. The Morgan fingerprint density at radius 2 is 1.92 bits per heavy atom. The van der Waals surface area contributed by atoms with Crippen LogP contribution in [-0.4, -0.2) is 39.6 Å². The third kappa shape index (κ3) is 3.65. The van der Waals surface area contributed by atoms with Gasteiger partial charge in [0.05, 0.1) is 20.4 Å². The summed E-state index contributed by atoms with van der Waals surface area (Å²) in [5.41, 5.74) is 3.61. The molecule has 0 spiro atoms. The van der Waals surface area contributed by atoms with Crippen LogP contribution in [0.4, 0.5) is 0 Å². The van der Waals surface area contributed by atoms with Crippen LogP contribution in [0.3, 0.4) is 0 Å². The summed E-state index contributed by atoms with van der Waals surface area (Å²) in [6, 6.07) is 10.4. The number of ether oxygens (including phenoxy) is 4. The number of benzene rings is 2. The molecule has 2 aromatic carbocycles. The smallest absolute Gasteiger partial charge is 0.271 e. The van der Waals surface area contributed by atoms with Gasteiger partial charge in [-0.15, -0.1) is 0 Å². The number of hydrazone groups is 1. The van der Waals surface area contributed by atoms with Crippen LogP contribution in [0.1, 0.15) is 15.9 Å². The first kappa shape index (κ1) is 16.6. The lowest BCUT2D eigenvalue weighted by Gasteiger charge is -2.19. The molecule has 0 fully saturated rings. The number of nitrogens with one attached hydrogen (secondary N) is 1. The van der Waals surface area contributed by atoms with E-state index < -0.39 is 0 Å². The van der Waals surface area contributed by atoms with Gasteiger partial charge in [-0.3, -0.25) is 4.79 Å². The zero-order valence-corrected chi connectivity index (χ0v) is 13.9. The van der Waals surface area contributed by atoms with E-state index in [9.17, 15) is 4.79 Å². The quantitative estimate of drug-likeness (QED) is 0.666. The summed E-state index contributed by atoms with van der Waals surface area (Å²) in [6.45, 7) is 0.999. The molecule has 0 aromatic heterocycles. The van der Waals surface area contributed by atoms with Gasteiger partial charge in [0.2, 0.25) is 0 Å². The van der Waals surface area contributed by atoms with Gasteiger partial charge in [0, 0.05) is 11.1 Å². The molecule has 0 saturated heterocycles. The Kier molecular flexibility index (Phi) is 5.03. The van der Waals surface area contributed by atoms with Crippen LogP contribution in [0.15, 0.2) is 41.5 Å². The van der Waals surface area contributed by atoms with Gasteiger partial charge in [0.15, 0.2) is 23.0 Å². The molecule has 0 aliphatic carbocycles. The van der Waals surface area contributed by atoms with Crippen molar-refractivity contribution < 1.29 is 23.7 Å². The van der Waals surface area contributed by atoms with Gasteiger partial charge < -0.3 is 18.9 Å². The maximum atomic E-state index is 12.2. The second kappa shape index (κ2) is 7.57. The maximum absolute atomic E-state index is 12.2. The van der Waals surface area contributed by atoms with Crippen molar-refractivity contribution in [1.82, 2.24) is 5.43 Å². The summed E-state index contributed by atoms with van der Waals surface area (Å²) in [4.78, 5) is 12.2. The van der Waals surface area contributed by atoms with Crippen LogP contribution >= 0.6 is 0 Å². The average Bonchev–Trinajstić information content (AvgIpc) is 2.67. The number of nitrogens with zero attached hydrogens (tertiary/aromatic N) is 1. The second-order valence-electron chi connectivity index (χ2n) is 5.14. The number of hydrogen-bond donors (Lipinski definition) is 1. The summed E-state index contributed by atoms with van der Waals surface area (Å²) < 4.78 is 21.4. The van der Waals surface area contributed by atoms with Crippen LogP contribution in [0, 0.1) is 0 Å². The third-order valence-corrected chi connectivity index (χ3v) is 3.61. The predicted octanol–water partition coefficient (Wildman–Crippen LogP) is 2.24. The van der Waals surface area contributed by atoms with E-state index in [1.807, 2.05) is 18.2 Å². The van der Waals surface area contributed by atoms with E-state index in [-0.39, 0.29) is 5.91 Å². The molecule has 0 radical (unpaired) electrons. The summed E-state index contributed by atoms with van der Waals surface area (Å²) in [5.74, 6) is 1.95. The van der Waals surface area contributed by atoms with Crippen molar-refractivity contribution in [1.29, 1.82) is 0 Å². The SMILES string of the molecule is COc1ccc(C(=O)N/N=C/c2cccc3c2OCCO3)cc1OC. The highest BCUT2D eigenvalue weighted by molar-refractivity contribution is 5.95. The summed E-state index contributed by atoms with van der Waals surface area (Å²) in [5, 5.41) is 3.99. The minimum Gasteiger partial charge on any atom is -0.493 e. The molecular weight excluding hydrogens is 324 g/mol. The summed E-state index contributed by atoms with van der Waals surface area (Å²) >= 11 is 0. The first-order valence-electron chi connectivity index (χ1n) is 7.67. The van der Waals surface area contributed by atoms with Crippen LogP contribution in [-0.2, 0) is 0 Å². The van der Waals surface area contributed by atoms with Gasteiger partial charge >= 0.3 is 0 Å². The topological polar surface area (TPSA) is 78.4 Å². The summed E-state index contributed by atoms with van der Waals surface area (Å²) in [6.07, 6.45) is 1.52. The highest BCUT2D eigenvalue weighted by Crippen LogP contribution is 2.32. The van der Waals surface area contributed by atoms with Crippen LogP contribution < -0.4 is 24.4 Å². The predicted molar refractivity (Wildman–Crippen MR) is 92.0 cm³/mol. The number of para-hydroxylation sites is 1. The lowest BCUT2D eigenvalue weighted by atomic mass is 10.2. The van der Waals surface area contributed by atoms with Gasteiger partial charge in [-0.05, 0) is 30.3 Å². The largest absolute Gasteiger partial charge is 0.493 e. The Morgan fingerprint density at radius 3 is 2.72 bits per heavy atom. The Balaban J connectivity index is 1.71. The molecule has 0 unspecified atom stereocenters. The molecular formula is C18H18N2O5. The van der Waals surface area contributed by atoms with E-state index in [0.717, 1.165) is 5.56 Å². The number of fused-ring (bicyclic) bond motifs is 1. The third-order valence-electron chi connectivity index (χ3n) is 3.61. The lowest BCUT2D eigenvalue weighted by molar-refractivity contribution is 0.0954. The fraction of sp³-hybridized carbons (Fsp3) is 0.222. The lowest BCUT2D eigenvalue weighted by Crippen LogP contribution is -2.18. The van der Waals surface area contributed by atoms with E-state index in [4.69, 9.17) is 18.9 Å². The van der Waals surface area contributed by atoms with Crippen LogP contribution in [0.5, 0.6) is 23.0 Å². The van der Waals surface area contributed by atoms with Gasteiger partial charge in [-0.2, -0.15) is 5.10 Å². The Labute approximate surface area is 145 Å². The van der Waals surface area contributed by atoms with Crippen molar-refractivity contribution in [3.63, 3.8) is 0 Å². The molecule has 3 rings (SSSR count). The zero-order valence-electron chi connectivity index (χ0n) is 13.9. The molecule has 25 heavy (non-hydrogen) atoms. The minimum atomic E-state index is -0.362. The van der Waals surface area contributed by atoms with Crippen molar-refractivity contribution >= 4 is 12.1 Å². The van der Waals surface area contributed by atoms with Gasteiger partial charge in [0.1, 0.15) is 13.2 Å². The number of methoxy groups -OCH3 is 2. The van der Waals surface area contributed by atoms with Crippen molar-refractivity contribution in [2.45, 2.75) is 0 Å².